The predicted octanol–water partition coefficient (Wildman–Crippen LogP) is 3.09. The maximum atomic E-state index is 12.8. The van der Waals surface area contributed by atoms with E-state index < -0.39 is 29.0 Å². The highest BCUT2D eigenvalue weighted by Gasteiger charge is 2.37. The highest BCUT2D eigenvalue weighted by Crippen LogP contribution is 2.30. The summed E-state index contributed by atoms with van der Waals surface area (Å²) in [5.41, 5.74) is 0.387. The van der Waals surface area contributed by atoms with Crippen molar-refractivity contribution in [3.63, 3.8) is 0 Å². The summed E-state index contributed by atoms with van der Waals surface area (Å²) in [5, 5.41) is 8.33. The number of hydrogen-bond donors (Lipinski definition) is 1. The van der Waals surface area contributed by atoms with E-state index in [0.29, 0.717) is 5.69 Å². The second-order valence-electron chi connectivity index (χ2n) is 4.62. The molecular weight excluding hydrogens is 336 g/mol. The zero-order valence-corrected chi connectivity index (χ0v) is 12.9. The summed E-state index contributed by atoms with van der Waals surface area (Å²) < 4.78 is 51.5. The van der Waals surface area contributed by atoms with Gasteiger partial charge in [0.05, 0.1) is 5.25 Å². The van der Waals surface area contributed by atoms with Gasteiger partial charge in [0, 0.05) is 12.7 Å². The van der Waals surface area contributed by atoms with Gasteiger partial charge in [0.2, 0.25) is 11.7 Å². The maximum absolute atomic E-state index is 12.8. The number of carbonyl (C=O) groups is 1. The van der Waals surface area contributed by atoms with E-state index in [-0.39, 0.29) is 5.16 Å². The Bertz CT molecular complexity index is 699. The lowest BCUT2D eigenvalue weighted by Gasteiger charge is -2.12. The average Bonchev–Trinajstić information content (AvgIpc) is 2.82. The molecule has 0 saturated carbocycles. The smallest absolute Gasteiger partial charge is 0.325 e. The van der Waals surface area contributed by atoms with Crippen LogP contribution in [0.3, 0.4) is 0 Å². The van der Waals surface area contributed by atoms with Gasteiger partial charge in [0.15, 0.2) is 5.16 Å². The summed E-state index contributed by atoms with van der Waals surface area (Å²) in [6, 6.07) is 5.14. The van der Waals surface area contributed by atoms with E-state index >= 15 is 0 Å². The van der Waals surface area contributed by atoms with Crippen LogP contribution >= 0.6 is 11.8 Å². The number of anilines is 1. The lowest BCUT2D eigenvalue weighted by molar-refractivity contribution is -0.147. The van der Waals surface area contributed by atoms with Crippen molar-refractivity contribution in [2.45, 2.75) is 23.5 Å². The van der Waals surface area contributed by atoms with Crippen molar-refractivity contribution in [1.29, 1.82) is 0 Å². The van der Waals surface area contributed by atoms with E-state index in [4.69, 9.17) is 0 Å². The third-order valence-corrected chi connectivity index (χ3v) is 3.99. The highest BCUT2D eigenvalue weighted by atomic mass is 32.2. The van der Waals surface area contributed by atoms with Gasteiger partial charge in [-0.1, -0.05) is 11.8 Å². The zero-order chi connectivity index (χ0) is 17.2. The quantitative estimate of drug-likeness (QED) is 0.681. The molecular formula is C13H12F4N4OS. The van der Waals surface area contributed by atoms with E-state index in [9.17, 15) is 22.4 Å². The number of carbonyl (C=O) groups excluding carboxylic acids is 1. The van der Waals surface area contributed by atoms with Crippen LogP contribution in [0.25, 0.3) is 0 Å². The van der Waals surface area contributed by atoms with E-state index in [1.165, 1.54) is 38.2 Å². The molecule has 0 bridgehead atoms. The first kappa shape index (κ1) is 17.3. The first-order chi connectivity index (χ1) is 10.7. The molecule has 1 atom stereocenters. The van der Waals surface area contributed by atoms with Crippen LogP contribution in [0.5, 0.6) is 0 Å². The van der Waals surface area contributed by atoms with Gasteiger partial charge in [0.25, 0.3) is 0 Å². The molecule has 1 N–H and O–H groups in total. The Labute approximate surface area is 133 Å². The van der Waals surface area contributed by atoms with Gasteiger partial charge in [-0.05, 0) is 31.2 Å². The molecule has 0 spiro atoms. The van der Waals surface area contributed by atoms with Crippen LogP contribution in [0.15, 0.2) is 29.4 Å². The number of amides is 1. The van der Waals surface area contributed by atoms with Crippen LogP contribution in [0.4, 0.5) is 23.2 Å². The molecule has 2 rings (SSSR count). The van der Waals surface area contributed by atoms with Crippen LogP contribution in [-0.2, 0) is 18.0 Å². The molecule has 1 aromatic heterocycles. The van der Waals surface area contributed by atoms with Gasteiger partial charge in [0.1, 0.15) is 5.82 Å². The summed E-state index contributed by atoms with van der Waals surface area (Å²) in [6.45, 7) is 1.52. The van der Waals surface area contributed by atoms with Crippen LogP contribution in [0.1, 0.15) is 12.7 Å². The molecule has 23 heavy (non-hydrogen) atoms. The number of benzene rings is 1. The Balaban J connectivity index is 2.04. The van der Waals surface area contributed by atoms with Gasteiger partial charge in [-0.2, -0.15) is 13.2 Å². The fourth-order valence-corrected chi connectivity index (χ4v) is 2.47. The number of hydrogen-bond acceptors (Lipinski definition) is 4. The van der Waals surface area contributed by atoms with E-state index in [2.05, 4.69) is 15.5 Å². The van der Waals surface area contributed by atoms with Gasteiger partial charge < -0.3 is 9.88 Å². The summed E-state index contributed by atoms with van der Waals surface area (Å²) in [6.07, 6.45) is -4.61. The topological polar surface area (TPSA) is 59.8 Å². The molecule has 10 heteroatoms. The Morgan fingerprint density at radius 2 is 1.87 bits per heavy atom. The van der Waals surface area contributed by atoms with Gasteiger partial charge in [-0.25, -0.2) is 4.39 Å². The SMILES string of the molecule is C[C@H](Sc1nnc(C(F)(F)F)n1C)C(=O)Nc1ccc(F)cc1. The van der Waals surface area contributed by atoms with Gasteiger partial charge in [-0.3, -0.25) is 4.79 Å². The molecule has 0 unspecified atom stereocenters. The molecule has 0 saturated heterocycles. The first-order valence-corrected chi connectivity index (χ1v) is 7.26. The number of aromatic nitrogens is 3. The Morgan fingerprint density at radius 1 is 1.26 bits per heavy atom. The number of alkyl halides is 3. The fraction of sp³-hybridized carbons (Fsp3) is 0.308. The second-order valence-corrected chi connectivity index (χ2v) is 5.93. The highest BCUT2D eigenvalue weighted by molar-refractivity contribution is 8.00. The van der Waals surface area contributed by atoms with Crippen molar-refractivity contribution in [3.05, 3.63) is 35.9 Å². The normalized spacial score (nSPS) is 13.0. The van der Waals surface area contributed by atoms with Crippen molar-refractivity contribution >= 4 is 23.4 Å². The number of nitrogens with zero attached hydrogens (tertiary/aromatic N) is 3. The summed E-state index contributed by atoms with van der Waals surface area (Å²) in [4.78, 5) is 12.0. The van der Waals surface area contributed by atoms with Crippen molar-refractivity contribution < 1.29 is 22.4 Å². The average molecular weight is 348 g/mol. The lowest BCUT2D eigenvalue weighted by atomic mass is 10.3. The predicted molar refractivity (Wildman–Crippen MR) is 76.4 cm³/mol. The molecule has 124 valence electrons. The van der Waals surface area contributed by atoms with Crippen LogP contribution in [-0.4, -0.2) is 25.9 Å². The summed E-state index contributed by atoms with van der Waals surface area (Å²) >= 11 is 0.841. The van der Waals surface area contributed by atoms with Crippen molar-refractivity contribution in [2.75, 3.05) is 5.32 Å². The Morgan fingerprint density at radius 3 is 2.39 bits per heavy atom. The molecule has 0 aliphatic rings. The van der Waals surface area contributed by atoms with Gasteiger partial charge >= 0.3 is 6.18 Å². The Kier molecular flexibility index (Phi) is 4.93. The second kappa shape index (κ2) is 6.57. The van der Waals surface area contributed by atoms with E-state index in [0.717, 1.165) is 16.3 Å². The minimum atomic E-state index is -4.61. The van der Waals surface area contributed by atoms with Crippen LogP contribution in [0, 0.1) is 5.82 Å². The number of thioether (sulfide) groups is 1. The molecule has 1 amide bonds. The molecule has 1 heterocycles. The van der Waals surface area contributed by atoms with Crippen LogP contribution in [0.2, 0.25) is 0 Å². The number of halogens is 4. The molecule has 0 aliphatic carbocycles. The largest absolute Gasteiger partial charge is 0.451 e. The standard InChI is InChI=1S/C13H12F4N4OS/c1-7(10(22)18-9-5-3-8(14)4-6-9)23-12-20-19-11(21(12)2)13(15,16)17/h3-7H,1-2H3,(H,18,22)/t7-/m0/s1. The molecule has 0 radical (unpaired) electrons. The van der Waals surface area contributed by atoms with Gasteiger partial charge in [-0.15, -0.1) is 10.2 Å². The molecule has 0 fully saturated rings. The number of nitrogens with one attached hydrogen (secondary N) is 1. The van der Waals surface area contributed by atoms with Crippen molar-refractivity contribution in [3.8, 4) is 0 Å². The fourth-order valence-electron chi connectivity index (χ4n) is 1.65. The monoisotopic (exact) mass is 348 g/mol. The van der Waals surface area contributed by atoms with E-state index in [1.54, 1.807) is 0 Å². The minimum Gasteiger partial charge on any atom is -0.325 e. The molecule has 5 nitrogen and oxygen atoms in total. The lowest BCUT2D eigenvalue weighted by Crippen LogP contribution is -2.23. The number of rotatable bonds is 4. The maximum Gasteiger partial charge on any atom is 0.451 e. The summed E-state index contributed by atoms with van der Waals surface area (Å²) in [5.74, 6) is -2.02. The molecule has 2 aromatic rings. The van der Waals surface area contributed by atoms with Crippen LogP contribution < -0.4 is 5.32 Å². The third-order valence-electron chi connectivity index (χ3n) is 2.85. The first-order valence-electron chi connectivity index (χ1n) is 6.38. The summed E-state index contributed by atoms with van der Waals surface area (Å²) in [7, 11) is 1.18. The van der Waals surface area contributed by atoms with E-state index in [1.807, 2.05) is 0 Å². The Hall–Kier alpha value is -2.10. The zero-order valence-electron chi connectivity index (χ0n) is 12.1. The van der Waals surface area contributed by atoms with Crippen molar-refractivity contribution in [2.24, 2.45) is 7.05 Å². The third kappa shape index (κ3) is 4.21. The molecule has 1 aromatic carbocycles. The van der Waals surface area contributed by atoms with Crippen molar-refractivity contribution in [1.82, 2.24) is 14.8 Å². The minimum absolute atomic E-state index is 0.0286. The molecule has 0 aliphatic heterocycles.